The molecule has 6 heteroatoms. The molecule has 0 radical (unpaired) electrons. The highest BCUT2D eigenvalue weighted by Gasteiger charge is 2.37. The van der Waals surface area contributed by atoms with Crippen molar-refractivity contribution in [2.45, 2.75) is 51.1 Å². The predicted molar refractivity (Wildman–Crippen MR) is 130 cm³/mol. The first kappa shape index (κ1) is 21.6. The molecule has 0 bridgehead atoms. The highest BCUT2D eigenvalue weighted by Crippen LogP contribution is 2.38. The molecule has 0 unspecified atom stereocenters. The molecule has 1 heterocycles. The monoisotopic (exact) mass is 435 g/mol. The van der Waals surface area contributed by atoms with E-state index in [9.17, 15) is 4.79 Å². The van der Waals surface area contributed by atoms with Gasteiger partial charge in [0, 0.05) is 11.3 Å². The molecule has 1 aliphatic heterocycles. The minimum Gasteiger partial charge on any atom is -0.497 e. The first-order valence-electron chi connectivity index (χ1n) is 10.9. The molecule has 4 rings (SSSR count). The fraction of sp³-hybridized carbons (Fsp3) is 0.400. The number of carbonyl (C=O) groups excluding carboxylic acids is 1. The second kappa shape index (κ2) is 9.69. The number of ether oxygens (including phenoxy) is 1. The van der Waals surface area contributed by atoms with E-state index in [0.29, 0.717) is 5.75 Å². The second-order valence-electron chi connectivity index (χ2n) is 8.21. The van der Waals surface area contributed by atoms with E-state index in [1.54, 1.807) is 7.11 Å². The Morgan fingerprint density at radius 2 is 1.68 bits per heavy atom. The van der Waals surface area contributed by atoms with E-state index in [0.717, 1.165) is 53.4 Å². The summed E-state index contributed by atoms with van der Waals surface area (Å²) in [5.41, 5.74) is 3.65. The molecule has 2 aromatic rings. The number of amides is 1. The molecule has 0 aromatic heterocycles. The number of rotatable bonds is 5. The van der Waals surface area contributed by atoms with E-state index in [4.69, 9.17) is 14.7 Å². The first-order chi connectivity index (χ1) is 15.1. The smallest absolute Gasteiger partial charge is 0.234 e. The highest BCUT2D eigenvalue weighted by molar-refractivity contribution is 8.16. The van der Waals surface area contributed by atoms with Crippen LogP contribution >= 0.6 is 11.8 Å². The molecule has 1 N–H and O–H groups in total. The molecule has 1 aliphatic carbocycles. The van der Waals surface area contributed by atoms with Crippen molar-refractivity contribution >= 4 is 34.1 Å². The normalized spacial score (nSPS) is 17.6. The lowest BCUT2D eigenvalue weighted by Gasteiger charge is -2.20. The summed E-state index contributed by atoms with van der Waals surface area (Å²) in [5.74, 6) is 1.01. The van der Waals surface area contributed by atoms with Gasteiger partial charge in [0.2, 0.25) is 5.91 Å². The van der Waals surface area contributed by atoms with Crippen LogP contribution in [0.3, 0.4) is 0 Å². The number of hydrogen-bond acceptors (Lipinski definition) is 5. The molecule has 1 spiro atoms. The van der Waals surface area contributed by atoms with Gasteiger partial charge in [-0.3, -0.25) is 9.79 Å². The SMILES string of the molecule is COc1ccc(NC(=O)CSC2=NC3(CCCCCC3)N=C2c2ccc(C)cc2)cc1. The minimum absolute atomic E-state index is 0.0528. The van der Waals surface area contributed by atoms with Crippen LogP contribution < -0.4 is 10.1 Å². The summed E-state index contributed by atoms with van der Waals surface area (Å²) in [7, 11) is 1.63. The molecule has 0 atom stereocenters. The van der Waals surface area contributed by atoms with Crippen LogP contribution in [-0.4, -0.2) is 35.2 Å². The summed E-state index contributed by atoms with van der Waals surface area (Å²) >= 11 is 1.48. The van der Waals surface area contributed by atoms with E-state index in [1.165, 1.54) is 30.2 Å². The summed E-state index contributed by atoms with van der Waals surface area (Å²) in [6.07, 6.45) is 6.79. The summed E-state index contributed by atoms with van der Waals surface area (Å²) < 4.78 is 5.17. The van der Waals surface area contributed by atoms with Crippen molar-refractivity contribution in [1.82, 2.24) is 0 Å². The number of aliphatic imine (C=N–C) groups is 2. The maximum atomic E-state index is 12.6. The van der Waals surface area contributed by atoms with E-state index in [2.05, 4.69) is 36.5 Å². The van der Waals surface area contributed by atoms with E-state index < -0.39 is 0 Å². The van der Waals surface area contributed by atoms with Crippen molar-refractivity contribution in [3.05, 3.63) is 59.7 Å². The van der Waals surface area contributed by atoms with Gasteiger partial charge in [-0.1, -0.05) is 54.4 Å². The number of benzene rings is 2. The maximum absolute atomic E-state index is 12.6. The van der Waals surface area contributed by atoms with E-state index >= 15 is 0 Å². The zero-order chi connectivity index (χ0) is 21.7. The molecule has 0 saturated heterocycles. The third kappa shape index (κ3) is 5.37. The summed E-state index contributed by atoms with van der Waals surface area (Å²) in [5, 5.41) is 3.83. The largest absolute Gasteiger partial charge is 0.497 e. The lowest BCUT2D eigenvalue weighted by Crippen LogP contribution is -2.20. The number of nitrogens with one attached hydrogen (secondary N) is 1. The van der Waals surface area contributed by atoms with Crippen LogP contribution in [0, 0.1) is 6.92 Å². The number of hydrogen-bond donors (Lipinski definition) is 1. The Kier molecular flexibility index (Phi) is 6.76. The molecule has 5 nitrogen and oxygen atoms in total. The zero-order valence-electron chi connectivity index (χ0n) is 18.2. The zero-order valence-corrected chi connectivity index (χ0v) is 19.0. The first-order valence-corrected chi connectivity index (χ1v) is 11.9. The Labute approximate surface area is 188 Å². The van der Waals surface area contributed by atoms with Crippen molar-refractivity contribution in [3.63, 3.8) is 0 Å². The minimum atomic E-state index is -0.342. The van der Waals surface area contributed by atoms with Crippen LogP contribution in [0.15, 0.2) is 58.5 Å². The third-order valence-electron chi connectivity index (χ3n) is 5.78. The van der Waals surface area contributed by atoms with Crippen molar-refractivity contribution in [2.75, 3.05) is 18.2 Å². The predicted octanol–water partition coefficient (Wildman–Crippen LogP) is 5.63. The fourth-order valence-corrected chi connectivity index (χ4v) is 4.92. The van der Waals surface area contributed by atoms with Gasteiger partial charge in [0.25, 0.3) is 0 Å². The lowest BCUT2D eigenvalue weighted by molar-refractivity contribution is -0.113. The number of thioether (sulfide) groups is 1. The number of anilines is 1. The second-order valence-corrected chi connectivity index (χ2v) is 9.17. The summed E-state index contributed by atoms with van der Waals surface area (Å²) in [4.78, 5) is 22.8. The number of aryl methyl sites for hydroxylation is 1. The van der Waals surface area contributed by atoms with Gasteiger partial charge < -0.3 is 10.1 Å². The van der Waals surface area contributed by atoms with Crippen LogP contribution in [0.1, 0.15) is 49.7 Å². The third-order valence-corrected chi connectivity index (χ3v) is 6.74. The van der Waals surface area contributed by atoms with Gasteiger partial charge in [0.1, 0.15) is 10.8 Å². The maximum Gasteiger partial charge on any atom is 0.234 e. The van der Waals surface area contributed by atoms with Crippen LogP contribution in [0.2, 0.25) is 0 Å². The topological polar surface area (TPSA) is 63.0 Å². The number of carbonyl (C=O) groups is 1. The average Bonchev–Trinajstić information content (AvgIpc) is 2.98. The van der Waals surface area contributed by atoms with Gasteiger partial charge in [0.15, 0.2) is 5.66 Å². The van der Waals surface area contributed by atoms with Crippen LogP contribution in [0.25, 0.3) is 0 Å². The van der Waals surface area contributed by atoms with Gasteiger partial charge in [-0.05, 0) is 56.9 Å². The van der Waals surface area contributed by atoms with Crippen LogP contribution in [-0.2, 0) is 4.79 Å². The average molecular weight is 436 g/mol. The molecule has 1 fully saturated rings. The molecule has 2 aromatic carbocycles. The Balaban J connectivity index is 1.49. The molecule has 162 valence electrons. The van der Waals surface area contributed by atoms with E-state index in [-0.39, 0.29) is 11.6 Å². The van der Waals surface area contributed by atoms with Gasteiger partial charge in [-0.25, -0.2) is 4.99 Å². The van der Waals surface area contributed by atoms with Crippen LogP contribution in [0.4, 0.5) is 5.69 Å². The molecule has 1 saturated carbocycles. The van der Waals surface area contributed by atoms with Gasteiger partial charge in [0.05, 0.1) is 18.6 Å². The summed E-state index contributed by atoms with van der Waals surface area (Å²) in [6, 6.07) is 15.8. The number of methoxy groups -OCH3 is 1. The van der Waals surface area contributed by atoms with Crippen molar-refractivity contribution in [3.8, 4) is 5.75 Å². The van der Waals surface area contributed by atoms with Crippen molar-refractivity contribution < 1.29 is 9.53 Å². The van der Waals surface area contributed by atoms with E-state index in [1.807, 2.05) is 24.3 Å². The van der Waals surface area contributed by atoms with Gasteiger partial charge in [-0.2, -0.15) is 0 Å². The summed E-state index contributed by atoms with van der Waals surface area (Å²) in [6.45, 7) is 2.08. The quantitative estimate of drug-likeness (QED) is 0.662. The Morgan fingerprint density at radius 3 is 2.32 bits per heavy atom. The Morgan fingerprint density at radius 1 is 1.00 bits per heavy atom. The highest BCUT2D eigenvalue weighted by atomic mass is 32.2. The Hall–Kier alpha value is -2.60. The molecular formula is C25H29N3O2S. The number of nitrogens with zero attached hydrogens (tertiary/aromatic N) is 2. The Bertz CT molecular complexity index is 973. The van der Waals surface area contributed by atoms with Crippen molar-refractivity contribution in [1.29, 1.82) is 0 Å². The lowest BCUT2D eigenvalue weighted by atomic mass is 10.0. The van der Waals surface area contributed by atoms with Gasteiger partial charge in [-0.15, -0.1) is 0 Å². The standard InChI is InChI=1S/C25H29N3O2S/c1-18-7-9-19(10-8-18)23-24(28-25(27-23)15-5-3-4-6-16-25)31-17-22(29)26-20-11-13-21(30-2)14-12-20/h7-14H,3-6,15-17H2,1-2H3,(H,26,29). The van der Waals surface area contributed by atoms with Crippen molar-refractivity contribution in [2.24, 2.45) is 9.98 Å². The molecular weight excluding hydrogens is 406 g/mol. The molecule has 1 amide bonds. The molecule has 2 aliphatic rings. The van der Waals surface area contributed by atoms with Crippen LogP contribution in [0.5, 0.6) is 5.75 Å². The molecule has 31 heavy (non-hydrogen) atoms. The fourth-order valence-electron chi connectivity index (χ4n) is 4.05. The van der Waals surface area contributed by atoms with Gasteiger partial charge >= 0.3 is 0 Å².